The molecule has 0 aromatic heterocycles. The highest BCUT2D eigenvalue weighted by Crippen LogP contribution is 2.36. The van der Waals surface area contributed by atoms with Crippen LogP contribution in [0.1, 0.15) is 52.4 Å². The van der Waals surface area contributed by atoms with Crippen LogP contribution >= 0.6 is 0 Å². The molecule has 0 aromatic carbocycles. The predicted molar refractivity (Wildman–Crippen MR) is 80.2 cm³/mol. The van der Waals surface area contributed by atoms with E-state index in [1.54, 1.807) is 0 Å². The number of nitrogens with zero attached hydrogens (tertiary/aromatic N) is 1. The summed E-state index contributed by atoms with van der Waals surface area (Å²) in [5.41, 5.74) is 6.04. The van der Waals surface area contributed by atoms with E-state index in [4.69, 9.17) is 10.5 Å². The van der Waals surface area contributed by atoms with Gasteiger partial charge < -0.3 is 10.5 Å². The number of methoxy groups -OCH3 is 1. The lowest BCUT2D eigenvalue weighted by molar-refractivity contribution is -0.0307. The van der Waals surface area contributed by atoms with E-state index in [0.29, 0.717) is 12.1 Å². The Balaban J connectivity index is 2.05. The summed E-state index contributed by atoms with van der Waals surface area (Å²) >= 11 is 0. The topological polar surface area (TPSA) is 38.5 Å². The number of hydrogen-bond acceptors (Lipinski definition) is 3. The molecule has 0 aromatic rings. The van der Waals surface area contributed by atoms with Gasteiger partial charge in [-0.15, -0.1) is 0 Å². The van der Waals surface area contributed by atoms with Crippen LogP contribution in [0, 0.1) is 11.8 Å². The summed E-state index contributed by atoms with van der Waals surface area (Å²) in [6.45, 7) is 6.74. The van der Waals surface area contributed by atoms with Crippen molar-refractivity contribution >= 4 is 0 Å². The van der Waals surface area contributed by atoms with Crippen molar-refractivity contribution in [3.63, 3.8) is 0 Å². The molecular weight excluding hydrogens is 236 g/mol. The smallest absolute Gasteiger partial charge is 0.0599 e. The molecule has 2 N–H and O–H groups in total. The number of ether oxygens (including phenoxy) is 1. The Labute approximate surface area is 118 Å². The van der Waals surface area contributed by atoms with Gasteiger partial charge >= 0.3 is 0 Å². The van der Waals surface area contributed by atoms with Gasteiger partial charge in [-0.05, 0) is 37.5 Å². The number of piperidine rings is 1. The first kappa shape index (κ1) is 15.3. The SMILES string of the molecule is COC1CCN(C2CCCCC2C(C)C)C(CN)C1. The zero-order chi connectivity index (χ0) is 13.8. The summed E-state index contributed by atoms with van der Waals surface area (Å²) in [4.78, 5) is 2.74. The van der Waals surface area contributed by atoms with E-state index in [0.717, 1.165) is 30.8 Å². The Morgan fingerprint density at radius 1 is 1.21 bits per heavy atom. The first-order chi connectivity index (χ1) is 9.17. The van der Waals surface area contributed by atoms with Gasteiger partial charge in [0, 0.05) is 32.3 Å². The van der Waals surface area contributed by atoms with E-state index in [2.05, 4.69) is 18.7 Å². The third-order valence-corrected chi connectivity index (χ3v) is 5.38. The van der Waals surface area contributed by atoms with Crippen LogP contribution in [0.2, 0.25) is 0 Å². The average molecular weight is 268 g/mol. The van der Waals surface area contributed by atoms with E-state index in [-0.39, 0.29) is 0 Å². The van der Waals surface area contributed by atoms with E-state index < -0.39 is 0 Å². The zero-order valence-electron chi connectivity index (χ0n) is 13.0. The number of rotatable bonds is 4. The summed E-state index contributed by atoms with van der Waals surface area (Å²) in [7, 11) is 1.84. The quantitative estimate of drug-likeness (QED) is 0.852. The van der Waals surface area contributed by atoms with Crippen molar-refractivity contribution in [1.82, 2.24) is 4.90 Å². The van der Waals surface area contributed by atoms with Gasteiger partial charge in [0.15, 0.2) is 0 Å². The maximum absolute atomic E-state index is 6.04. The number of likely N-dealkylation sites (tertiary alicyclic amines) is 1. The van der Waals surface area contributed by atoms with Crippen LogP contribution in [0.5, 0.6) is 0 Å². The molecule has 3 nitrogen and oxygen atoms in total. The molecule has 4 atom stereocenters. The highest BCUT2D eigenvalue weighted by Gasteiger charge is 2.37. The van der Waals surface area contributed by atoms with Crippen LogP contribution in [0.15, 0.2) is 0 Å². The molecule has 2 aliphatic rings. The van der Waals surface area contributed by atoms with Gasteiger partial charge in [-0.2, -0.15) is 0 Å². The number of nitrogens with two attached hydrogens (primary N) is 1. The molecule has 4 unspecified atom stereocenters. The summed E-state index contributed by atoms with van der Waals surface area (Å²) < 4.78 is 5.55. The summed E-state index contributed by atoms with van der Waals surface area (Å²) in [5.74, 6) is 1.66. The van der Waals surface area contributed by atoms with Crippen molar-refractivity contribution in [2.24, 2.45) is 17.6 Å². The Morgan fingerprint density at radius 3 is 2.58 bits per heavy atom. The van der Waals surface area contributed by atoms with Crippen LogP contribution in [0.25, 0.3) is 0 Å². The van der Waals surface area contributed by atoms with Gasteiger partial charge in [0.05, 0.1) is 6.10 Å². The molecule has 2 fully saturated rings. The second-order valence-corrected chi connectivity index (χ2v) is 6.77. The van der Waals surface area contributed by atoms with Gasteiger partial charge in [-0.3, -0.25) is 4.90 Å². The minimum absolute atomic E-state index is 0.422. The molecule has 3 heteroatoms. The van der Waals surface area contributed by atoms with Crippen molar-refractivity contribution in [1.29, 1.82) is 0 Å². The molecule has 0 radical (unpaired) electrons. The van der Waals surface area contributed by atoms with Crippen molar-refractivity contribution in [3.05, 3.63) is 0 Å². The molecule has 1 heterocycles. The predicted octanol–water partition coefficient (Wildman–Crippen LogP) is 2.64. The average Bonchev–Trinajstić information content (AvgIpc) is 2.46. The van der Waals surface area contributed by atoms with Gasteiger partial charge in [-0.1, -0.05) is 26.7 Å². The van der Waals surface area contributed by atoms with Gasteiger partial charge in [0.2, 0.25) is 0 Å². The Morgan fingerprint density at radius 2 is 1.95 bits per heavy atom. The lowest BCUT2D eigenvalue weighted by atomic mass is 9.76. The molecule has 1 aliphatic carbocycles. The Kier molecular flexibility index (Phi) is 5.67. The van der Waals surface area contributed by atoms with Gasteiger partial charge in [0.25, 0.3) is 0 Å². The van der Waals surface area contributed by atoms with E-state index in [9.17, 15) is 0 Å². The maximum atomic E-state index is 6.04. The van der Waals surface area contributed by atoms with E-state index in [1.165, 1.54) is 38.6 Å². The number of hydrogen-bond donors (Lipinski definition) is 1. The fourth-order valence-electron chi connectivity index (χ4n) is 4.24. The minimum Gasteiger partial charge on any atom is -0.381 e. The lowest BCUT2D eigenvalue weighted by Crippen LogP contribution is -2.56. The van der Waals surface area contributed by atoms with Crippen LogP contribution in [0.3, 0.4) is 0 Å². The largest absolute Gasteiger partial charge is 0.381 e. The van der Waals surface area contributed by atoms with E-state index >= 15 is 0 Å². The molecule has 19 heavy (non-hydrogen) atoms. The van der Waals surface area contributed by atoms with Crippen LogP contribution in [-0.4, -0.2) is 43.3 Å². The lowest BCUT2D eigenvalue weighted by Gasteiger charge is -2.48. The van der Waals surface area contributed by atoms with Crippen LogP contribution < -0.4 is 5.73 Å². The monoisotopic (exact) mass is 268 g/mol. The highest BCUT2D eigenvalue weighted by molar-refractivity contribution is 4.92. The zero-order valence-corrected chi connectivity index (χ0v) is 13.0. The van der Waals surface area contributed by atoms with Gasteiger partial charge in [0.1, 0.15) is 0 Å². The van der Waals surface area contributed by atoms with Crippen molar-refractivity contribution < 1.29 is 4.74 Å². The fraction of sp³-hybridized carbons (Fsp3) is 1.00. The molecule has 1 saturated carbocycles. The van der Waals surface area contributed by atoms with Crippen molar-refractivity contribution in [3.8, 4) is 0 Å². The summed E-state index contributed by atoms with van der Waals surface area (Å²) in [6.07, 6.45) is 8.31. The molecule has 0 amide bonds. The van der Waals surface area contributed by atoms with Crippen LogP contribution in [0.4, 0.5) is 0 Å². The molecule has 1 aliphatic heterocycles. The Bertz CT molecular complexity index is 269. The van der Waals surface area contributed by atoms with E-state index in [1.807, 2.05) is 7.11 Å². The molecule has 0 spiro atoms. The highest BCUT2D eigenvalue weighted by atomic mass is 16.5. The summed E-state index contributed by atoms with van der Waals surface area (Å²) in [5, 5.41) is 0. The fourth-order valence-corrected chi connectivity index (χ4v) is 4.24. The molecule has 0 bridgehead atoms. The first-order valence-corrected chi connectivity index (χ1v) is 8.16. The third-order valence-electron chi connectivity index (χ3n) is 5.38. The Hall–Kier alpha value is -0.120. The molecule has 1 saturated heterocycles. The molecular formula is C16H32N2O. The maximum Gasteiger partial charge on any atom is 0.0599 e. The summed E-state index contributed by atoms with van der Waals surface area (Å²) in [6, 6.07) is 1.29. The van der Waals surface area contributed by atoms with Crippen LogP contribution in [-0.2, 0) is 4.74 Å². The molecule has 2 rings (SSSR count). The normalized spacial score (nSPS) is 37.7. The van der Waals surface area contributed by atoms with Crippen molar-refractivity contribution in [2.45, 2.75) is 70.6 Å². The second-order valence-electron chi connectivity index (χ2n) is 6.77. The minimum atomic E-state index is 0.422. The standard InChI is InChI=1S/C16H32N2O/c1-12(2)15-6-4-5-7-16(15)18-9-8-14(19-3)10-13(18)11-17/h12-16H,4-11,17H2,1-3H3. The first-order valence-electron chi connectivity index (χ1n) is 8.16. The van der Waals surface area contributed by atoms with Crippen molar-refractivity contribution in [2.75, 3.05) is 20.2 Å². The second kappa shape index (κ2) is 7.05. The third kappa shape index (κ3) is 3.50. The molecule has 112 valence electrons. The van der Waals surface area contributed by atoms with Gasteiger partial charge in [-0.25, -0.2) is 0 Å².